The van der Waals surface area contributed by atoms with Crippen LogP contribution >= 0.6 is 0 Å². The quantitative estimate of drug-likeness (QED) is 0.436. The lowest BCUT2D eigenvalue weighted by Gasteiger charge is -2.03. The highest BCUT2D eigenvalue weighted by molar-refractivity contribution is 5.96. The van der Waals surface area contributed by atoms with Gasteiger partial charge in [0, 0.05) is 18.2 Å². The van der Waals surface area contributed by atoms with E-state index in [1.165, 1.54) is 0 Å². The van der Waals surface area contributed by atoms with Gasteiger partial charge < -0.3 is 5.73 Å². The maximum absolute atomic E-state index is 11.0. The van der Waals surface area contributed by atoms with Crippen LogP contribution in [0.1, 0.15) is 29.8 Å². The Bertz CT molecular complexity index is 380. The van der Waals surface area contributed by atoms with Crippen molar-refractivity contribution in [1.29, 1.82) is 5.39 Å². The number of benzene rings is 1. The summed E-state index contributed by atoms with van der Waals surface area (Å²) in [6.07, 6.45) is 0. The normalized spacial score (nSPS) is 8.40. The second-order valence-corrected chi connectivity index (χ2v) is 3.03. The molecule has 0 aliphatic rings. The fourth-order valence-corrected chi connectivity index (χ4v) is 1.03. The van der Waals surface area contributed by atoms with E-state index in [9.17, 15) is 4.79 Å². The summed E-state index contributed by atoms with van der Waals surface area (Å²) >= 11 is 0. The van der Waals surface area contributed by atoms with Crippen molar-refractivity contribution in [2.24, 2.45) is 0 Å². The van der Waals surface area contributed by atoms with Gasteiger partial charge in [0.1, 0.15) is 4.98 Å². The van der Waals surface area contributed by atoms with Crippen LogP contribution in [0.4, 0.5) is 5.69 Å². The average Bonchev–Trinajstić information content (AvgIpc) is 2.22. The van der Waals surface area contributed by atoms with E-state index in [0.717, 1.165) is 5.56 Å². The van der Waals surface area contributed by atoms with Gasteiger partial charge in [0.15, 0.2) is 5.78 Å². The van der Waals surface area contributed by atoms with E-state index in [0.29, 0.717) is 17.8 Å². The summed E-state index contributed by atoms with van der Waals surface area (Å²) in [6, 6.07) is 5.37. The topological polar surface area (TPSA) is 71.2 Å². The van der Waals surface area contributed by atoms with Crippen LogP contribution in [0.25, 0.3) is 4.98 Å². The minimum Gasteiger partial charge on any atom is -0.398 e. The summed E-state index contributed by atoms with van der Waals surface area (Å²) in [6.45, 7) is 5.66. The number of nitrogens with zero attached hydrogens (tertiary/aromatic N) is 2. The van der Waals surface area contributed by atoms with Crippen molar-refractivity contribution in [3.8, 4) is 0 Å². The van der Waals surface area contributed by atoms with Crippen molar-refractivity contribution in [2.45, 2.75) is 20.8 Å². The molecule has 0 spiro atoms. The van der Waals surface area contributed by atoms with Gasteiger partial charge in [-0.2, -0.15) is 0 Å². The number of carbonyl (C=O) groups excluding carboxylic acids is 1. The Balaban J connectivity index is 0.000000423. The summed E-state index contributed by atoms with van der Waals surface area (Å²) in [4.78, 5) is 13.7. The van der Waals surface area contributed by atoms with Gasteiger partial charge in [-0.1, -0.05) is 12.1 Å². The minimum absolute atomic E-state index is 0.0646. The smallest absolute Gasteiger partial charge is 0.302 e. The van der Waals surface area contributed by atoms with Crippen LogP contribution in [-0.2, 0) is 0 Å². The van der Waals surface area contributed by atoms with Crippen LogP contribution in [0, 0.1) is 12.3 Å². The number of diazo groups is 1. The summed E-state index contributed by atoms with van der Waals surface area (Å²) in [5, 5.41) is 7.50. The number of hydrogen-bond acceptors (Lipinski definition) is 3. The third kappa shape index (κ3) is 4.23. The fourth-order valence-electron chi connectivity index (χ4n) is 1.03. The molecule has 0 atom stereocenters. The van der Waals surface area contributed by atoms with Crippen molar-refractivity contribution in [3.05, 3.63) is 34.3 Å². The molecular formula is C11H16N3O+. The second-order valence-electron chi connectivity index (χ2n) is 3.03. The van der Waals surface area contributed by atoms with Crippen LogP contribution in [0.5, 0.6) is 0 Å². The van der Waals surface area contributed by atoms with Crippen molar-refractivity contribution in [3.63, 3.8) is 0 Å². The lowest BCUT2D eigenvalue weighted by atomic mass is 10.0. The highest BCUT2D eigenvalue weighted by atomic mass is 16.1. The molecule has 1 aromatic carbocycles. The minimum atomic E-state index is 0.0646. The maximum atomic E-state index is 11.0. The van der Waals surface area contributed by atoms with Gasteiger partial charge in [0.05, 0.1) is 0 Å². The monoisotopic (exact) mass is 206 g/mol. The Morgan fingerprint density at radius 3 is 2.40 bits per heavy atom. The molecule has 1 aromatic rings. The molecule has 1 rings (SSSR count). The molecule has 0 saturated carbocycles. The molecule has 0 saturated heterocycles. The third-order valence-electron chi connectivity index (χ3n) is 1.90. The zero-order chi connectivity index (χ0) is 11.8. The second kappa shape index (κ2) is 6.55. The highest BCUT2D eigenvalue weighted by Gasteiger charge is 2.03. The van der Waals surface area contributed by atoms with Gasteiger partial charge in [-0.05, 0) is 25.5 Å². The first-order valence-electron chi connectivity index (χ1n) is 4.71. The zero-order valence-electron chi connectivity index (χ0n) is 9.32. The molecule has 0 amide bonds. The van der Waals surface area contributed by atoms with Gasteiger partial charge in [-0.15, -0.1) is 0 Å². The molecule has 80 valence electrons. The number of nitrogen functional groups attached to an aromatic ring is 1. The molecule has 4 heteroatoms. The van der Waals surface area contributed by atoms with Crippen LogP contribution in [0.2, 0.25) is 0 Å². The number of anilines is 1. The average molecular weight is 206 g/mol. The number of nitrogens with two attached hydrogens (primary N) is 1. The van der Waals surface area contributed by atoms with Crippen molar-refractivity contribution in [1.82, 2.24) is 0 Å². The SMILES string of the molecule is CC(=O)c1cccc(N)c1C.CC[N+]#N. The Hall–Kier alpha value is -1.89. The van der Waals surface area contributed by atoms with Gasteiger partial charge in [-0.3, -0.25) is 4.79 Å². The van der Waals surface area contributed by atoms with Crippen molar-refractivity contribution in [2.75, 3.05) is 12.3 Å². The molecule has 0 aliphatic carbocycles. The Kier molecular flexibility index (Phi) is 5.72. The van der Waals surface area contributed by atoms with E-state index in [-0.39, 0.29) is 5.78 Å². The van der Waals surface area contributed by atoms with Gasteiger partial charge in [-0.25, -0.2) is 0 Å². The summed E-state index contributed by atoms with van der Waals surface area (Å²) in [5.41, 5.74) is 7.87. The molecule has 0 fully saturated rings. The predicted molar refractivity (Wildman–Crippen MR) is 61.2 cm³/mol. The molecule has 2 N–H and O–H groups in total. The summed E-state index contributed by atoms with van der Waals surface area (Å²) in [7, 11) is 0. The van der Waals surface area contributed by atoms with E-state index < -0.39 is 0 Å². The van der Waals surface area contributed by atoms with Crippen LogP contribution < -0.4 is 5.73 Å². The maximum Gasteiger partial charge on any atom is 0.302 e. The predicted octanol–water partition coefficient (Wildman–Crippen LogP) is 2.64. The summed E-state index contributed by atoms with van der Waals surface area (Å²) < 4.78 is 0. The number of rotatable bonds is 1. The number of carbonyl (C=O) groups is 1. The van der Waals surface area contributed by atoms with E-state index in [1.54, 1.807) is 32.0 Å². The van der Waals surface area contributed by atoms with E-state index >= 15 is 0 Å². The van der Waals surface area contributed by atoms with E-state index in [2.05, 4.69) is 4.98 Å². The molecule has 15 heavy (non-hydrogen) atoms. The Morgan fingerprint density at radius 2 is 2.07 bits per heavy atom. The Labute approximate surface area is 89.7 Å². The molecule has 0 heterocycles. The first kappa shape index (κ1) is 13.1. The lowest BCUT2D eigenvalue weighted by Crippen LogP contribution is -1.99. The molecule has 0 aromatic heterocycles. The molecule has 0 bridgehead atoms. The molecule has 0 radical (unpaired) electrons. The third-order valence-corrected chi connectivity index (χ3v) is 1.90. The van der Waals surface area contributed by atoms with E-state index in [1.807, 2.05) is 6.92 Å². The standard InChI is InChI=1S/C9H11NO.C2H5N2/c1-6-8(7(2)11)4-3-5-9(6)10;1-2-4-3/h3-5H,10H2,1-2H3;2H2,1H3/q;+1. The Morgan fingerprint density at radius 1 is 1.53 bits per heavy atom. The number of ketones is 1. The number of Topliss-reactive ketones (excluding diaryl/α,β-unsaturated/α-hetero) is 1. The van der Waals surface area contributed by atoms with Crippen molar-refractivity contribution < 1.29 is 4.79 Å². The number of hydrogen-bond donors (Lipinski definition) is 1. The lowest BCUT2D eigenvalue weighted by molar-refractivity contribution is 0.101. The first-order valence-corrected chi connectivity index (χ1v) is 4.71. The van der Waals surface area contributed by atoms with Crippen LogP contribution in [-0.4, -0.2) is 12.3 Å². The van der Waals surface area contributed by atoms with Gasteiger partial charge in [0.25, 0.3) is 0 Å². The van der Waals surface area contributed by atoms with Gasteiger partial charge in [0.2, 0.25) is 5.39 Å². The molecule has 4 nitrogen and oxygen atoms in total. The largest absolute Gasteiger partial charge is 0.398 e. The molecule has 0 aliphatic heterocycles. The van der Waals surface area contributed by atoms with Crippen LogP contribution in [0.3, 0.4) is 0 Å². The fraction of sp³-hybridized carbons (Fsp3) is 0.364. The van der Waals surface area contributed by atoms with E-state index in [4.69, 9.17) is 11.1 Å². The molecule has 0 unspecified atom stereocenters. The highest BCUT2D eigenvalue weighted by Crippen LogP contribution is 2.15. The van der Waals surface area contributed by atoms with Crippen molar-refractivity contribution >= 4 is 11.5 Å². The summed E-state index contributed by atoms with van der Waals surface area (Å²) in [5.74, 6) is 0.0646. The van der Waals surface area contributed by atoms with Gasteiger partial charge >= 0.3 is 6.54 Å². The zero-order valence-corrected chi connectivity index (χ0v) is 9.32. The molecular weight excluding hydrogens is 190 g/mol. The van der Waals surface area contributed by atoms with Crippen LogP contribution in [0.15, 0.2) is 18.2 Å². The first-order chi connectivity index (χ1) is 7.04.